The molecule has 0 unspecified atom stereocenters. The summed E-state index contributed by atoms with van der Waals surface area (Å²) in [6.07, 6.45) is 8.47. The van der Waals surface area contributed by atoms with E-state index < -0.39 is 0 Å². The van der Waals surface area contributed by atoms with Gasteiger partial charge in [-0.3, -0.25) is 9.69 Å². The summed E-state index contributed by atoms with van der Waals surface area (Å²) in [7, 11) is 0. The molecule has 0 saturated carbocycles. The van der Waals surface area contributed by atoms with Crippen LogP contribution >= 0.6 is 0 Å². The van der Waals surface area contributed by atoms with Crippen molar-refractivity contribution in [2.45, 2.75) is 38.6 Å². The normalized spacial score (nSPS) is 18.1. The Bertz CT molecular complexity index is 634. The second-order valence-corrected chi connectivity index (χ2v) is 6.62. The lowest BCUT2D eigenvalue weighted by Crippen LogP contribution is -2.29. The Labute approximate surface area is 149 Å². The van der Waals surface area contributed by atoms with E-state index in [0.717, 1.165) is 25.3 Å². The van der Waals surface area contributed by atoms with Crippen molar-refractivity contribution in [1.29, 1.82) is 0 Å². The van der Waals surface area contributed by atoms with Gasteiger partial charge in [0.05, 0.1) is 6.61 Å². The topological polar surface area (TPSA) is 53.9 Å². The molecule has 2 aliphatic rings. The zero-order valence-corrected chi connectivity index (χ0v) is 14.7. The highest BCUT2D eigenvalue weighted by molar-refractivity contribution is 6.01. The average molecular weight is 341 g/mol. The molecular formula is C20H27N3O2. The van der Waals surface area contributed by atoms with Gasteiger partial charge in [-0.15, -0.1) is 0 Å². The minimum atomic E-state index is 0.0965. The van der Waals surface area contributed by atoms with Gasteiger partial charge in [0.1, 0.15) is 11.6 Å². The van der Waals surface area contributed by atoms with Crippen LogP contribution in [0.3, 0.4) is 0 Å². The number of benzene rings is 1. The number of carbonyl (C=O) groups is 1. The van der Waals surface area contributed by atoms with E-state index in [9.17, 15) is 4.79 Å². The first-order valence-electron chi connectivity index (χ1n) is 9.25. The predicted octanol–water partition coefficient (Wildman–Crippen LogP) is 2.92. The van der Waals surface area contributed by atoms with E-state index in [1.54, 1.807) is 12.3 Å². The summed E-state index contributed by atoms with van der Waals surface area (Å²) < 4.78 is 5.86. The number of aliphatic imine (C=N–C) groups is 1. The van der Waals surface area contributed by atoms with Crippen LogP contribution in [0.15, 0.2) is 41.2 Å². The van der Waals surface area contributed by atoms with Gasteiger partial charge >= 0.3 is 0 Å². The molecule has 0 bridgehead atoms. The van der Waals surface area contributed by atoms with Crippen LogP contribution < -0.4 is 10.1 Å². The fraction of sp³-hybridized carbons (Fsp3) is 0.500. The molecule has 0 aromatic heterocycles. The molecule has 1 aromatic rings. The SMILES string of the molecule is O=C1C=C(NCCCOc2cccc(CN3CCCCC3)c2)N=CC1. The number of allylic oxidation sites excluding steroid dienone is 1. The highest BCUT2D eigenvalue weighted by Gasteiger charge is 2.10. The second-order valence-electron chi connectivity index (χ2n) is 6.62. The summed E-state index contributed by atoms with van der Waals surface area (Å²) in [4.78, 5) is 18.0. The zero-order valence-electron chi connectivity index (χ0n) is 14.7. The third kappa shape index (κ3) is 6.02. The third-order valence-electron chi connectivity index (χ3n) is 4.47. The standard InChI is InChI=1S/C20H27N3O2/c24-18-8-10-22-20(15-18)21-9-5-13-25-19-7-4-6-17(14-19)16-23-11-2-1-3-12-23/h4,6-7,10,14-15,21H,1-3,5,8-9,11-13,16H2. The van der Waals surface area contributed by atoms with Crippen LogP contribution in [0.2, 0.25) is 0 Å². The van der Waals surface area contributed by atoms with Gasteiger partial charge in [0.15, 0.2) is 5.78 Å². The zero-order chi connectivity index (χ0) is 17.3. The number of nitrogens with zero attached hydrogens (tertiary/aromatic N) is 2. The largest absolute Gasteiger partial charge is 0.494 e. The average Bonchev–Trinajstić information content (AvgIpc) is 2.63. The van der Waals surface area contributed by atoms with Crippen molar-refractivity contribution >= 4 is 12.0 Å². The molecule has 1 N–H and O–H groups in total. The minimum Gasteiger partial charge on any atom is -0.494 e. The van der Waals surface area contributed by atoms with Crippen molar-refractivity contribution < 1.29 is 9.53 Å². The van der Waals surface area contributed by atoms with E-state index in [4.69, 9.17) is 4.74 Å². The van der Waals surface area contributed by atoms with E-state index in [1.807, 2.05) is 6.07 Å². The van der Waals surface area contributed by atoms with Crippen LogP contribution in [-0.4, -0.2) is 43.1 Å². The molecule has 0 amide bonds. The Morgan fingerprint density at radius 1 is 1.20 bits per heavy atom. The minimum absolute atomic E-state index is 0.0965. The van der Waals surface area contributed by atoms with Crippen LogP contribution in [-0.2, 0) is 11.3 Å². The molecule has 0 spiro atoms. The third-order valence-corrected chi connectivity index (χ3v) is 4.47. The van der Waals surface area contributed by atoms with Gasteiger partial charge < -0.3 is 10.1 Å². The molecule has 3 rings (SSSR count). The number of nitrogens with one attached hydrogen (secondary N) is 1. The fourth-order valence-corrected chi connectivity index (χ4v) is 3.17. The first-order chi connectivity index (χ1) is 12.3. The molecular weight excluding hydrogens is 314 g/mol. The molecule has 134 valence electrons. The number of ketones is 1. The summed E-state index contributed by atoms with van der Waals surface area (Å²) >= 11 is 0. The number of hydrogen-bond acceptors (Lipinski definition) is 5. The summed E-state index contributed by atoms with van der Waals surface area (Å²) in [6, 6.07) is 8.40. The summed E-state index contributed by atoms with van der Waals surface area (Å²) in [6.45, 7) is 4.81. The molecule has 1 saturated heterocycles. The molecule has 1 aromatic carbocycles. The number of piperidine rings is 1. The Morgan fingerprint density at radius 2 is 2.08 bits per heavy atom. The van der Waals surface area contributed by atoms with Crippen LogP contribution in [0.4, 0.5) is 0 Å². The van der Waals surface area contributed by atoms with Crippen molar-refractivity contribution in [3.8, 4) is 5.75 Å². The quantitative estimate of drug-likeness (QED) is 0.739. The second kappa shape index (κ2) is 9.37. The van der Waals surface area contributed by atoms with Crippen LogP contribution in [0, 0.1) is 0 Å². The van der Waals surface area contributed by atoms with Gasteiger partial charge in [0.2, 0.25) is 0 Å². The van der Waals surface area contributed by atoms with Crippen LogP contribution in [0.25, 0.3) is 0 Å². The van der Waals surface area contributed by atoms with E-state index in [2.05, 4.69) is 33.4 Å². The maximum atomic E-state index is 11.3. The van der Waals surface area contributed by atoms with Gasteiger partial charge in [-0.2, -0.15) is 0 Å². The molecule has 25 heavy (non-hydrogen) atoms. The number of rotatable bonds is 8. The number of hydrogen-bond donors (Lipinski definition) is 1. The van der Waals surface area contributed by atoms with Crippen molar-refractivity contribution in [3.63, 3.8) is 0 Å². The van der Waals surface area contributed by atoms with Gasteiger partial charge in [0.25, 0.3) is 0 Å². The molecule has 2 aliphatic heterocycles. The van der Waals surface area contributed by atoms with E-state index in [1.165, 1.54) is 37.9 Å². The van der Waals surface area contributed by atoms with Gasteiger partial charge in [-0.25, -0.2) is 4.99 Å². The lowest BCUT2D eigenvalue weighted by molar-refractivity contribution is -0.113. The maximum Gasteiger partial charge on any atom is 0.164 e. The van der Waals surface area contributed by atoms with Crippen molar-refractivity contribution in [1.82, 2.24) is 10.2 Å². The molecule has 0 aliphatic carbocycles. The lowest BCUT2D eigenvalue weighted by atomic mass is 10.1. The highest BCUT2D eigenvalue weighted by Crippen LogP contribution is 2.17. The van der Waals surface area contributed by atoms with Crippen LogP contribution in [0.1, 0.15) is 37.7 Å². The highest BCUT2D eigenvalue weighted by atomic mass is 16.5. The van der Waals surface area contributed by atoms with Gasteiger partial charge in [-0.1, -0.05) is 18.6 Å². The molecule has 5 heteroatoms. The Kier molecular flexibility index (Phi) is 6.63. The Balaban J connectivity index is 1.37. The number of ether oxygens (including phenoxy) is 1. The fourth-order valence-electron chi connectivity index (χ4n) is 3.17. The monoisotopic (exact) mass is 341 g/mol. The van der Waals surface area contributed by atoms with Crippen molar-refractivity contribution in [2.75, 3.05) is 26.2 Å². The molecule has 2 heterocycles. The van der Waals surface area contributed by atoms with E-state index in [-0.39, 0.29) is 5.78 Å². The Hall–Kier alpha value is -2.14. The van der Waals surface area contributed by atoms with Gasteiger partial charge in [0, 0.05) is 31.8 Å². The first kappa shape index (κ1) is 17.7. The van der Waals surface area contributed by atoms with Crippen LogP contribution in [0.5, 0.6) is 5.75 Å². The lowest BCUT2D eigenvalue weighted by Gasteiger charge is -2.26. The molecule has 0 atom stereocenters. The summed E-state index contributed by atoms with van der Waals surface area (Å²) in [5.41, 5.74) is 1.32. The predicted molar refractivity (Wildman–Crippen MR) is 99.9 cm³/mol. The number of carbonyl (C=O) groups excluding carboxylic acids is 1. The molecule has 5 nitrogen and oxygen atoms in total. The summed E-state index contributed by atoms with van der Waals surface area (Å²) in [5, 5.41) is 3.16. The van der Waals surface area contributed by atoms with E-state index in [0.29, 0.717) is 18.8 Å². The molecule has 0 radical (unpaired) electrons. The summed E-state index contributed by atoms with van der Waals surface area (Å²) in [5.74, 6) is 1.68. The number of likely N-dealkylation sites (tertiary alicyclic amines) is 1. The first-order valence-corrected chi connectivity index (χ1v) is 9.25. The smallest absolute Gasteiger partial charge is 0.164 e. The Morgan fingerprint density at radius 3 is 2.92 bits per heavy atom. The van der Waals surface area contributed by atoms with Gasteiger partial charge in [-0.05, 0) is 50.0 Å². The maximum absolute atomic E-state index is 11.3. The van der Waals surface area contributed by atoms with E-state index >= 15 is 0 Å². The van der Waals surface area contributed by atoms with Crippen molar-refractivity contribution in [2.24, 2.45) is 4.99 Å². The molecule has 1 fully saturated rings. The van der Waals surface area contributed by atoms with Crippen molar-refractivity contribution in [3.05, 3.63) is 41.7 Å².